The molecule has 1 saturated heterocycles. The van der Waals surface area contributed by atoms with Crippen molar-refractivity contribution >= 4 is 35.0 Å². The third-order valence-electron chi connectivity index (χ3n) is 4.81. The van der Waals surface area contributed by atoms with Gasteiger partial charge in [0.15, 0.2) is 0 Å². The minimum absolute atomic E-state index is 0.0726. The number of nitrogens with zero attached hydrogens (tertiary/aromatic N) is 3. The molecule has 0 amide bonds. The lowest BCUT2D eigenvalue weighted by atomic mass is 10.2. The third-order valence-corrected chi connectivity index (χ3v) is 5.82. The SMILES string of the molecule is O=[N+]([O-])c1ccc(Sc2ccc(N=Cc3ccc(N4CCOCC4)c(F)c3)cc2)cc1. The van der Waals surface area contributed by atoms with E-state index in [2.05, 4.69) is 4.99 Å². The average molecular weight is 437 g/mol. The Morgan fingerprint density at radius 2 is 1.65 bits per heavy atom. The largest absolute Gasteiger partial charge is 0.378 e. The Labute approximate surface area is 183 Å². The second kappa shape index (κ2) is 9.72. The number of hydrogen-bond donors (Lipinski definition) is 0. The number of halogens is 1. The molecule has 0 aliphatic carbocycles. The molecule has 6 nitrogen and oxygen atoms in total. The van der Waals surface area contributed by atoms with Gasteiger partial charge in [0.1, 0.15) is 5.82 Å². The molecule has 1 heterocycles. The highest BCUT2D eigenvalue weighted by Crippen LogP contribution is 2.30. The number of benzene rings is 3. The summed E-state index contributed by atoms with van der Waals surface area (Å²) in [6.07, 6.45) is 1.64. The molecule has 158 valence electrons. The summed E-state index contributed by atoms with van der Waals surface area (Å²) < 4.78 is 19.8. The lowest BCUT2D eigenvalue weighted by Gasteiger charge is -2.29. The average Bonchev–Trinajstić information content (AvgIpc) is 2.80. The van der Waals surface area contributed by atoms with Gasteiger partial charge in [0.2, 0.25) is 0 Å². The van der Waals surface area contributed by atoms with Crippen LogP contribution in [0, 0.1) is 15.9 Å². The predicted molar refractivity (Wildman–Crippen MR) is 120 cm³/mol. The Hall–Kier alpha value is -3.23. The van der Waals surface area contributed by atoms with Crippen LogP contribution in [0.25, 0.3) is 0 Å². The monoisotopic (exact) mass is 437 g/mol. The molecule has 1 aliphatic heterocycles. The first-order valence-electron chi connectivity index (χ1n) is 9.77. The highest BCUT2D eigenvalue weighted by Gasteiger charge is 2.15. The summed E-state index contributed by atoms with van der Waals surface area (Å²) in [4.78, 5) is 18.6. The van der Waals surface area contributed by atoms with E-state index in [0.717, 1.165) is 15.5 Å². The lowest BCUT2D eigenvalue weighted by Crippen LogP contribution is -2.36. The molecular formula is C23H20FN3O3S. The minimum atomic E-state index is -0.413. The van der Waals surface area contributed by atoms with Crippen molar-refractivity contribution in [3.63, 3.8) is 0 Å². The van der Waals surface area contributed by atoms with E-state index >= 15 is 0 Å². The normalized spacial score (nSPS) is 14.2. The Morgan fingerprint density at radius 1 is 1.00 bits per heavy atom. The van der Waals surface area contributed by atoms with Crippen LogP contribution < -0.4 is 4.90 Å². The fourth-order valence-corrected chi connectivity index (χ4v) is 4.00. The zero-order chi connectivity index (χ0) is 21.6. The third kappa shape index (κ3) is 5.48. The van der Waals surface area contributed by atoms with E-state index in [4.69, 9.17) is 4.74 Å². The van der Waals surface area contributed by atoms with Crippen LogP contribution in [0.15, 0.2) is 81.5 Å². The molecule has 31 heavy (non-hydrogen) atoms. The maximum absolute atomic E-state index is 14.5. The van der Waals surface area contributed by atoms with E-state index in [1.165, 1.54) is 30.0 Å². The summed E-state index contributed by atoms with van der Waals surface area (Å²) in [5.74, 6) is -0.263. The topological polar surface area (TPSA) is 68.0 Å². The van der Waals surface area contributed by atoms with Gasteiger partial charge >= 0.3 is 0 Å². The summed E-state index contributed by atoms with van der Waals surface area (Å²) in [5.41, 5.74) is 2.11. The zero-order valence-electron chi connectivity index (χ0n) is 16.6. The maximum Gasteiger partial charge on any atom is 0.269 e. The zero-order valence-corrected chi connectivity index (χ0v) is 17.4. The van der Waals surface area contributed by atoms with E-state index in [1.807, 2.05) is 35.2 Å². The molecule has 0 bridgehead atoms. The molecule has 0 aromatic heterocycles. The van der Waals surface area contributed by atoms with Crippen LogP contribution in [-0.4, -0.2) is 37.4 Å². The predicted octanol–water partition coefficient (Wildman–Crippen LogP) is 5.47. The Bertz CT molecular complexity index is 1080. The van der Waals surface area contributed by atoms with Gasteiger partial charge in [0.05, 0.1) is 29.5 Å². The van der Waals surface area contributed by atoms with Crippen molar-refractivity contribution < 1.29 is 14.1 Å². The van der Waals surface area contributed by atoms with Crippen molar-refractivity contribution in [2.75, 3.05) is 31.2 Å². The second-order valence-corrected chi connectivity index (χ2v) is 8.06. The van der Waals surface area contributed by atoms with Gasteiger partial charge in [-0.3, -0.25) is 15.1 Å². The first-order valence-corrected chi connectivity index (χ1v) is 10.6. The molecule has 0 radical (unpaired) electrons. The first kappa shape index (κ1) is 21.0. The number of ether oxygens (including phenoxy) is 1. The quantitative estimate of drug-likeness (QED) is 0.290. The van der Waals surface area contributed by atoms with Crippen molar-refractivity contribution in [2.24, 2.45) is 4.99 Å². The number of rotatable bonds is 6. The van der Waals surface area contributed by atoms with E-state index < -0.39 is 4.92 Å². The number of aliphatic imine (C=N–C) groups is 1. The highest BCUT2D eigenvalue weighted by molar-refractivity contribution is 7.99. The molecule has 4 rings (SSSR count). The molecule has 3 aromatic rings. The van der Waals surface area contributed by atoms with Crippen LogP contribution in [0.2, 0.25) is 0 Å². The number of anilines is 1. The molecule has 0 N–H and O–H groups in total. The van der Waals surface area contributed by atoms with E-state index in [9.17, 15) is 14.5 Å². The summed E-state index contributed by atoms with van der Waals surface area (Å²) in [7, 11) is 0. The van der Waals surface area contributed by atoms with Gasteiger partial charge in [-0.2, -0.15) is 0 Å². The summed E-state index contributed by atoms with van der Waals surface area (Å²) in [5, 5.41) is 10.7. The van der Waals surface area contributed by atoms with Crippen LogP contribution in [0.1, 0.15) is 5.56 Å². The van der Waals surface area contributed by atoms with Crippen LogP contribution in [0.4, 0.5) is 21.5 Å². The lowest BCUT2D eigenvalue weighted by molar-refractivity contribution is -0.384. The van der Waals surface area contributed by atoms with Gasteiger partial charge < -0.3 is 9.64 Å². The Balaban J connectivity index is 1.39. The fraction of sp³-hybridized carbons (Fsp3) is 0.174. The second-order valence-electron chi connectivity index (χ2n) is 6.92. The number of morpholine rings is 1. The molecular weight excluding hydrogens is 417 g/mol. The van der Waals surface area contributed by atoms with Crippen molar-refractivity contribution in [1.29, 1.82) is 0 Å². The van der Waals surface area contributed by atoms with E-state index in [0.29, 0.717) is 37.6 Å². The summed E-state index contributed by atoms with van der Waals surface area (Å²) >= 11 is 1.51. The van der Waals surface area contributed by atoms with Crippen molar-refractivity contribution in [1.82, 2.24) is 0 Å². The Morgan fingerprint density at radius 3 is 2.26 bits per heavy atom. The molecule has 1 aliphatic rings. The molecule has 0 atom stereocenters. The van der Waals surface area contributed by atoms with Crippen LogP contribution in [-0.2, 0) is 4.74 Å². The molecule has 1 fully saturated rings. The standard InChI is InChI=1S/C23H20FN3O3S/c24-22-15-17(1-10-23(22)26-11-13-30-14-12-26)16-25-18-2-6-20(7-3-18)31-21-8-4-19(5-9-21)27(28)29/h1-10,15-16H,11-14H2. The number of nitro benzene ring substituents is 1. The number of hydrogen-bond acceptors (Lipinski definition) is 6. The number of nitro groups is 1. The molecule has 0 saturated carbocycles. The van der Waals surface area contributed by atoms with Crippen molar-refractivity contribution in [2.45, 2.75) is 9.79 Å². The van der Waals surface area contributed by atoms with Crippen molar-refractivity contribution in [3.05, 3.63) is 88.2 Å². The molecule has 8 heteroatoms. The van der Waals surface area contributed by atoms with Crippen LogP contribution in [0.5, 0.6) is 0 Å². The summed E-state index contributed by atoms with van der Waals surface area (Å²) in [6, 6.07) is 19.2. The van der Waals surface area contributed by atoms with Crippen LogP contribution in [0.3, 0.4) is 0 Å². The number of non-ortho nitro benzene ring substituents is 1. The van der Waals surface area contributed by atoms with E-state index in [-0.39, 0.29) is 11.5 Å². The first-order chi connectivity index (χ1) is 15.1. The molecule has 3 aromatic carbocycles. The van der Waals surface area contributed by atoms with Gasteiger partial charge in [-0.05, 0) is 54.1 Å². The molecule has 0 unspecified atom stereocenters. The van der Waals surface area contributed by atoms with Gasteiger partial charge in [-0.25, -0.2) is 4.39 Å². The van der Waals surface area contributed by atoms with Gasteiger partial charge in [0.25, 0.3) is 5.69 Å². The highest BCUT2D eigenvalue weighted by atomic mass is 32.2. The van der Waals surface area contributed by atoms with Gasteiger partial charge in [-0.15, -0.1) is 0 Å². The minimum Gasteiger partial charge on any atom is -0.378 e. The molecule has 0 spiro atoms. The van der Waals surface area contributed by atoms with Crippen LogP contribution >= 0.6 is 11.8 Å². The van der Waals surface area contributed by atoms with E-state index in [1.54, 1.807) is 24.4 Å². The Kier molecular flexibility index (Phi) is 6.59. The van der Waals surface area contributed by atoms with Gasteiger partial charge in [0, 0.05) is 41.2 Å². The fourth-order valence-electron chi connectivity index (χ4n) is 3.19. The van der Waals surface area contributed by atoms with Crippen molar-refractivity contribution in [3.8, 4) is 0 Å². The smallest absolute Gasteiger partial charge is 0.269 e. The van der Waals surface area contributed by atoms with Gasteiger partial charge in [-0.1, -0.05) is 17.8 Å². The summed E-state index contributed by atoms with van der Waals surface area (Å²) in [6.45, 7) is 2.60. The maximum atomic E-state index is 14.5.